The van der Waals surface area contributed by atoms with E-state index in [1.165, 1.54) is 0 Å². The summed E-state index contributed by atoms with van der Waals surface area (Å²) in [4.78, 5) is 4.16. The van der Waals surface area contributed by atoms with Gasteiger partial charge in [-0.3, -0.25) is 16.3 Å². The van der Waals surface area contributed by atoms with Crippen molar-refractivity contribution in [1.29, 1.82) is 0 Å². The maximum Gasteiger partial charge on any atom is 0.0758 e. The largest absolute Gasteiger partial charge is 0.271 e. The number of pyridine rings is 1. The molecule has 96 valence electrons. The average Bonchev–Trinajstić information content (AvgIpc) is 2.65. The first-order valence-electron chi connectivity index (χ1n) is 5.10. The number of hydrogen-bond donors (Lipinski definition) is 2. The Balaban J connectivity index is 2.22. The molecule has 2 aromatic rings. The monoisotopic (exact) mass is 453 g/mol. The molecule has 0 saturated heterocycles. The van der Waals surface area contributed by atoms with Gasteiger partial charge in [0.2, 0.25) is 0 Å². The smallest absolute Gasteiger partial charge is 0.0758 e. The van der Waals surface area contributed by atoms with Gasteiger partial charge in [0.15, 0.2) is 0 Å². The number of hydrazine groups is 1. The van der Waals surface area contributed by atoms with Crippen LogP contribution in [0.3, 0.4) is 0 Å². The minimum atomic E-state index is 0.0537. The Labute approximate surface area is 135 Å². The predicted molar refractivity (Wildman–Crippen MR) is 85.4 cm³/mol. The molecule has 2 rings (SSSR count). The average molecular weight is 456 g/mol. The summed E-state index contributed by atoms with van der Waals surface area (Å²) >= 11 is 12.1. The van der Waals surface area contributed by atoms with Crippen molar-refractivity contribution in [1.82, 2.24) is 10.4 Å². The summed E-state index contributed by atoms with van der Waals surface area (Å²) in [6.07, 6.45) is 4.40. The van der Waals surface area contributed by atoms with Crippen molar-refractivity contribution in [3.8, 4) is 0 Å². The molecule has 0 aliphatic heterocycles. The zero-order valence-electron chi connectivity index (χ0n) is 9.16. The minimum Gasteiger partial charge on any atom is -0.271 e. The Hall–Kier alpha value is 0.210. The Kier molecular flexibility index (Phi) is 5.35. The molecule has 2 aromatic heterocycles. The SMILES string of the molecule is NNC(Cc1cncc(Br)c1)c1cc(Br)sc1Br. The van der Waals surface area contributed by atoms with E-state index in [2.05, 4.69) is 64.3 Å². The van der Waals surface area contributed by atoms with Crippen LogP contribution >= 0.6 is 59.1 Å². The number of halogens is 3. The second kappa shape index (κ2) is 6.58. The molecule has 18 heavy (non-hydrogen) atoms. The summed E-state index contributed by atoms with van der Waals surface area (Å²) in [5, 5.41) is 0. The first kappa shape index (κ1) is 14.6. The molecule has 3 nitrogen and oxygen atoms in total. The van der Waals surface area contributed by atoms with Crippen LogP contribution in [0.25, 0.3) is 0 Å². The van der Waals surface area contributed by atoms with Gasteiger partial charge in [0, 0.05) is 16.9 Å². The van der Waals surface area contributed by atoms with Gasteiger partial charge in [-0.05, 0) is 77.5 Å². The van der Waals surface area contributed by atoms with Crippen LogP contribution in [0.15, 0.2) is 36.6 Å². The van der Waals surface area contributed by atoms with Gasteiger partial charge in [-0.15, -0.1) is 11.3 Å². The maximum absolute atomic E-state index is 5.66. The van der Waals surface area contributed by atoms with E-state index >= 15 is 0 Å². The van der Waals surface area contributed by atoms with Crippen LogP contribution in [0.1, 0.15) is 17.2 Å². The molecule has 3 N–H and O–H groups in total. The van der Waals surface area contributed by atoms with Crippen LogP contribution in [0, 0.1) is 0 Å². The quantitative estimate of drug-likeness (QED) is 0.537. The number of aromatic nitrogens is 1. The molecule has 0 aliphatic carbocycles. The van der Waals surface area contributed by atoms with Gasteiger partial charge in [0.05, 0.1) is 13.6 Å². The van der Waals surface area contributed by atoms with Crippen molar-refractivity contribution in [2.75, 3.05) is 0 Å². The van der Waals surface area contributed by atoms with Gasteiger partial charge in [-0.2, -0.15) is 0 Å². The van der Waals surface area contributed by atoms with E-state index in [1.807, 2.05) is 12.3 Å². The first-order valence-corrected chi connectivity index (χ1v) is 8.30. The van der Waals surface area contributed by atoms with Crippen molar-refractivity contribution in [3.05, 3.63) is 47.7 Å². The van der Waals surface area contributed by atoms with E-state index in [0.717, 1.165) is 29.6 Å². The lowest BCUT2D eigenvalue weighted by atomic mass is 10.0. The van der Waals surface area contributed by atoms with Crippen LogP contribution < -0.4 is 11.3 Å². The van der Waals surface area contributed by atoms with Gasteiger partial charge >= 0.3 is 0 Å². The second-order valence-corrected chi connectivity index (χ2v) is 8.38. The fourth-order valence-electron chi connectivity index (χ4n) is 1.65. The van der Waals surface area contributed by atoms with Crippen LogP contribution in [0.2, 0.25) is 0 Å². The molecule has 0 aliphatic rings. The molecule has 0 spiro atoms. The van der Waals surface area contributed by atoms with Gasteiger partial charge in [-0.25, -0.2) is 0 Å². The van der Waals surface area contributed by atoms with Gasteiger partial charge in [0.1, 0.15) is 0 Å². The van der Waals surface area contributed by atoms with Gasteiger partial charge in [-0.1, -0.05) is 0 Å². The van der Waals surface area contributed by atoms with E-state index in [4.69, 9.17) is 5.84 Å². The summed E-state index contributed by atoms with van der Waals surface area (Å²) in [5.41, 5.74) is 5.13. The summed E-state index contributed by atoms with van der Waals surface area (Å²) in [6.45, 7) is 0. The van der Waals surface area contributed by atoms with Crippen LogP contribution in [-0.2, 0) is 6.42 Å². The molecule has 0 fully saturated rings. The van der Waals surface area contributed by atoms with E-state index in [1.54, 1.807) is 17.5 Å². The van der Waals surface area contributed by atoms with Crippen LogP contribution in [0.4, 0.5) is 0 Å². The summed E-state index contributed by atoms with van der Waals surface area (Å²) in [5.74, 6) is 5.66. The number of nitrogens with two attached hydrogens (primary N) is 1. The zero-order chi connectivity index (χ0) is 13.1. The van der Waals surface area contributed by atoms with Crippen LogP contribution in [-0.4, -0.2) is 4.98 Å². The summed E-state index contributed by atoms with van der Waals surface area (Å²) in [6, 6.07) is 4.18. The molecule has 0 aromatic carbocycles. The lowest BCUT2D eigenvalue weighted by Gasteiger charge is -2.15. The fraction of sp³-hybridized carbons (Fsp3) is 0.182. The molecule has 0 radical (unpaired) electrons. The number of rotatable bonds is 4. The molecule has 1 atom stereocenters. The standard InChI is InChI=1S/C11H10Br3N3S/c12-7-1-6(4-16-5-7)2-9(17-15)8-3-10(13)18-11(8)14/h1,3-5,9,17H,2,15H2. The van der Waals surface area contributed by atoms with Crippen molar-refractivity contribution in [2.24, 2.45) is 5.84 Å². The molecule has 0 saturated carbocycles. The third-order valence-electron chi connectivity index (χ3n) is 2.46. The topological polar surface area (TPSA) is 50.9 Å². The zero-order valence-corrected chi connectivity index (χ0v) is 14.7. The second-order valence-electron chi connectivity index (χ2n) is 3.71. The van der Waals surface area contributed by atoms with E-state index in [9.17, 15) is 0 Å². The van der Waals surface area contributed by atoms with E-state index in [-0.39, 0.29) is 6.04 Å². The Bertz CT molecular complexity index is 544. The molecule has 2 heterocycles. The van der Waals surface area contributed by atoms with E-state index < -0.39 is 0 Å². The fourth-order valence-corrected chi connectivity index (χ4v) is 5.04. The van der Waals surface area contributed by atoms with Gasteiger partial charge in [0.25, 0.3) is 0 Å². The number of nitrogens with zero attached hydrogens (tertiary/aromatic N) is 1. The number of thiophene rings is 1. The van der Waals surface area contributed by atoms with Crippen molar-refractivity contribution >= 4 is 59.1 Å². The lowest BCUT2D eigenvalue weighted by molar-refractivity contribution is 0.551. The van der Waals surface area contributed by atoms with Gasteiger partial charge < -0.3 is 0 Å². The van der Waals surface area contributed by atoms with E-state index in [0.29, 0.717) is 0 Å². The van der Waals surface area contributed by atoms with Crippen molar-refractivity contribution in [2.45, 2.75) is 12.5 Å². The minimum absolute atomic E-state index is 0.0537. The Morgan fingerprint density at radius 3 is 2.61 bits per heavy atom. The maximum atomic E-state index is 5.66. The Morgan fingerprint density at radius 1 is 1.28 bits per heavy atom. The highest BCUT2D eigenvalue weighted by Gasteiger charge is 2.16. The number of nitrogens with one attached hydrogen (secondary N) is 1. The normalized spacial score (nSPS) is 12.7. The Morgan fingerprint density at radius 2 is 2.06 bits per heavy atom. The molecule has 0 bridgehead atoms. The number of hydrogen-bond acceptors (Lipinski definition) is 4. The summed E-state index contributed by atoms with van der Waals surface area (Å²) in [7, 11) is 0. The van der Waals surface area contributed by atoms with Crippen LogP contribution in [0.5, 0.6) is 0 Å². The molecular formula is C11H10Br3N3S. The molecule has 0 amide bonds. The molecule has 7 heteroatoms. The highest BCUT2D eigenvalue weighted by atomic mass is 79.9. The molecular weight excluding hydrogens is 446 g/mol. The highest BCUT2D eigenvalue weighted by Crippen LogP contribution is 2.36. The predicted octanol–water partition coefficient (Wildman–Crippen LogP) is 4.18. The summed E-state index contributed by atoms with van der Waals surface area (Å²) < 4.78 is 3.14. The third-order valence-corrected chi connectivity index (χ3v) is 5.28. The first-order chi connectivity index (χ1) is 8.60. The van der Waals surface area contributed by atoms with Crippen molar-refractivity contribution in [3.63, 3.8) is 0 Å². The third kappa shape index (κ3) is 3.61. The molecule has 1 unspecified atom stereocenters. The lowest BCUT2D eigenvalue weighted by Crippen LogP contribution is -2.29. The van der Waals surface area contributed by atoms with Crippen molar-refractivity contribution < 1.29 is 0 Å². The highest BCUT2D eigenvalue weighted by molar-refractivity contribution is 9.12.